The zero-order valence-electron chi connectivity index (χ0n) is 10.9. The molecule has 0 atom stereocenters. The van der Waals surface area contributed by atoms with Crippen molar-refractivity contribution in [2.24, 2.45) is 0 Å². The Bertz CT molecular complexity index is 718. The highest BCUT2D eigenvalue weighted by molar-refractivity contribution is 7.10. The Morgan fingerprint density at radius 2 is 1.84 bits per heavy atom. The second-order valence-electron chi connectivity index (χ2n) is 4.60. The van der Waals surface area contributed by atoms with Crippen molar-refractivity contribution in [3.63, 3.8) is 0 Å². The molecule has 4 nitrogen and oxygen atoms in total. The van der Waals surface area contributed by atoms with Crippen molar-refractivity contribution in [2.45, 2.75) is 20.8 Å². The fourth-order valence-corrected chi connectivity index (χ4v) is 3.00. The molecule has 5 heteroatoms. The predicted molar refractivity (Wildman–Crippen MR) is 73.9 cm³/mol. The number of nitrogens with zero attached hydrogens (tertiary/aromatic N) is 2. The zero-order chi connectivity index (χ0) is 13.7. The number of aryl methyl sites for hydroxylation is 2. The number of imide groups is 1. The summed E-state index contributed by atoms with van der Waals surface area (Å²) in [5.74, 6) is -0.613. The number of rotatable bonds is 1. The molecule has 2 aromatic rings. The van der Waals surface area contributed by atoms with Crippen LogP contribution in [-0.2, 0) is 0 Å². The molecule has 0 aliphatic carbocycles. The van der Waals surface area contributed by atoms with Crippen molar-refractivity contribution in [3.05, 3.63) is 44.9 Å². The molecule has 1 aliphatic rings. The zero-order valence-corrected chi connectivity index (χ0v) is 11.7. The Morgan fingerprint density at radius 1 is 1.11 bits per heavy atom. The molecule has 1 aliphatic heterocycles. The second-order valence-corrected chi connectivity index (χ2v) is 5.68. The van der Waals surface area contributed by atoms with Gasteiger partial charge in [0.15, 0.2) is 0 Å². The quantitative estimate of drug-likeness (QED) is 0.750. The van der Waals surface area contributed by atoms with Gasteiger partial charge in [0.1, 0.15) is 5.69 Å². The minimum absolute atomic E-state index is 0.258. The van der Waals surface area contributed by atoms with E-state index in [4.69, 9.17) is 0 Å². The molecule has 0 unspecified atom stereocenters. The minimum atomic E-state index is -0.329. The Morgan fingerprint density at radius 3 is 2.47 bits per heavy atom. The molecular weight excluding hydrogens is 260 g/mol. The lowest BCUT2D eigenvalue weighted by molar-refractivity contribution is 0.0924. The van der Waals surface area contributed by atoms with Gasteiger partial charge in [0.25, 0.3) is 11.8 Å². The van der Waals surface area contributed by atoms with Crippen LogP contribution >= 0.6 is 11.3 Å². The van der Waals surface area contributed by atoms with Gasteiger partial charge in [-0.05, 0) is 38.5 Å². The molecule has 3 rings (SSSR count). The van der Waals surface area contributed by atoms with Gasteiger partial charge in [-0.3, -0.25) is 9.59 Å². The maximum atomic E-state index is 12.4. The van der Waals surface area contributed by atoms with Gasteiger partial charge >= 0.3 is 0 Å². The van der Waals surface area contributed by atoms with Crippen molar-refractivity contribution in [2.75, 3.05) is 4.90 Å². The number of carbonyl (C=O) groups is 2. The van der Waals surface area contributed by atoms with Gasteiger partial charge in [-0.2, -0.15) is 0 Å². The molecule has 0 saturated heterocycles. The molecule has 0 bridgehead atoms. The fourth-order valence-electron chi connectivity index (χ4n) is 2.15. The molecular formula is C14H12N2O2S. The summed E-state index contributed by atoms with van der Waals surface area (Å²) in [6, 6.07) is 3.42. The third kappa shape index (κ3) is 1.62. The number of aromatic nitrogens is 1. The van der Waals surface area contributed by atoms with Crippen LogP contribution in [0.4, 0.5) is 5.69 Å². The van der Waals surface area contributed by atoms with E-state index >= 15 is 0 Å². The molecule has 0 fully saturated rings. The number of anilines is 1. The Kier molecular flexibility index (Phi) is 2.53. The summed E-state index contributed by atoms with van der Waals surface area (Å²) >= 11 is 1.54. The van der Waals surface area contributed by atoms with Crippen LogP contribution in [0.2, 0.25) is 0 Å². The minimum Gasteiger partial charge on any atom is -0.268 e. The lowest BCUT2D eigenvalue weighted by atomic mass is 10.2. The summed E-state index contributed by atoms with van der Waals surface area (Å²) in [6.07, 6.45) is 0. The van der Waals surface area contributed by atoms with Gasteiger partial charge in [0.2, 0.25) is 0 Å². The summed E-state index contributed by atoms with van der Waals surface area (Å²) in [6.45, 7) is 5.70. The fraction of sp³-hybridized carbons (Fsp3) is 0.214. The molecule has 96 valence electrons. The number of pyridine rings is 1. The van der Waals surface area contributed by atoms with E-state index in [1.165, 1.54) is 16.2 Å². The number of hydrogen-bond donors (Lipinski definition) is 0. The van der Waals surface area contributed by atoms with Crippen LogP contribution in [0.3, 0.4) is 0 Å². The topological polar surface area (TPSA) is 50.3 Å². The Hall–Kier alpha value is -2.01. The SMILES string of the molecule is Cc1ccc2c(n1)C(=O)N(c1csc(C)c1C)C2=O. The first-order valence-corrected chi connectivity index (χ1v) is 6.80. The highest BCUT2D eigenvalue weighted by Gasteiger charge is 2.39. The van der Waals surface area contributed by atoms with Crippen LogP contribution in [0.1, 0.15) is 37.0 Å². The second kappa shape index (κ2) is 3.99. The largest absolute Gasteiger partial charge is 0.284 e. The van der Waals surface area contributed by atoms with E-state index in [9.17, 15) is 9.59 Å². The van der Waals surface area contributed by atoms with E-state index < -0.39 is 0 Å². The van der Waals surface area contributed by atoms with Crippen molar-refractivity contribution < 1.29 is 9.59 Å². The standard InChI is InChI=1S/C14H12N2O2S/c1-7-4-5-10-12(15-7)14(18)16(13(10)17)11-6-19-9(3)8(11)2/h4-6H,1-3H3. The number of thiophene rings is 1. The maximum absolute atomic E-state index is 12.4. The van der Waals surface area contributed by atoms with Crippen molar-refractivity contribution in [3.8, 4) is 0 Å². The van der Waals surface area contributed by atoms with E-state index in [1.807, 2.05) is 19.2 Å². The lowest BCUT2D eigenvalue weighted by Crippen LogP contribution is -2.29. The molecule has 2 aromatic heterocycles. The summed E-state index contributed by atoms with van der Waals surface area (Å²) in [5, 5.41) is 1.85. The average molecular weight is 272 g/mol. The van der Waals surface area contributed by atoms with E-state index in [-0.39, 0.29) is 17.5 Å². The Balaban J connectivity index is 2.15. The highest BCUT2D eigenvalue weighted by Crippen LogP contribution is 2.34. The van der Waals surface area contributed by atoms with E-state index in [0.717, 1.165) is 16.1 Å². The molecule has 0 radical (unpaired) electrons. The molecule has 0 N–H and O–H groups in total. The Labute approximate surface area is 114 Å². The predicted octanol–water partition coefficient (Wildman–Crippen LogP) is 2.87. The molecule has 0 aromatic carbocycles. The first-order chi connectivity index (χ1) is 9.00. The van der Waals surface area contributed by atoms with Gasteiger partial charge in [-0.15, -0.1) is 11.3 Å². The van der Waals surface area contributed by atoms with Crippen LogP contribution in [0, 0.1) is 20.8 Å². The third-order valence-corrected chi connectivity index (χ3v) is 4.38. The highest BCUT2D eigenvalue weighted by atomic mass is 32.1. The van der Waals surface area contributed by atoms with Crippen molar-refractivity contribution in [1.29, 1.82) is 0 Å². The molecule has 0 spiro atoms. The molecule has 3 heterocycles. The number of fused-ring (bicyclic) bond motifs is 1. The van der Waals surface area contributed by atoms with Crippen molar-refractivity contribution in [1.82, 2.24) is 4.98 Å². The van der Waals surface area contributed by atoms with Gasteiger partial charge < -0.3 is 0 Å². The first-order valence-electron chi connectivity index (χ1n) is 5.92. The summed E-state index contributed by atoms with van der Waals surface area (Å²) < 4.78 is 0. The molecule has 0 saturated carbocycles. The van der Waals surface area contributed by atoms with E-state index in [2.05, 4.69) is 4.98 Å². The summed E-state index contributed by atoms with van der Waals surface area (Å²) in [7, 11) is 0. The molecule has 19 heavy (non-hydrogen) atoms. The number of hydrogen-bond acceptors (Lipinski definition) is 4. The van der Waals surface area contributed by atoms with Gasteiger partial charge in [0, 0.05) is 16.0 Å². The maximum Gasteiger partial charge on any atom is 0.284 e. The van der Waals surface area contributed by atoms with Gasteiger partial charge in [-0.1, -0.05) is 0 Å². The van der Waals surface area contributed by atoms with Crippen LogP contribution in [-0.4, -0.2) is 16.8 Å². The smallest absolute Gasteiger partial charge is 0.268 e. The van der Waals surface area contributed by atoms with Crippen LogP contribution in [0.5, 0.6) is 0 Å². The first kappa shape index (κ1) is 12.0. The summed E-state index contributed by atoms with van der Waals surface area (Å²) in [5.41, 5.74) is 3.02. The van der Waals surface area contributed by atoms with Crippen LogP contribution in [0.25, 0.3) is 0 Å². The van der Waals surface area contributed by atoms with Crippen molar-refractivity contribution >= 4 is 28.8 Å². The van der Waals surface area contributed by atoms with Crippen LogP contribution < -0.4 is 4.90 Å². The van der Waals surface area contributed by atoms with E-state index in [0.29, 0.717) is 11.3 Å². The summed E-state index contributed by atoms with van der Waals surface area (Å²) in [4.78, 5) is 31.2. The van der Waals surface area contributed by atoms with Gasteiger partial charge in [-0.25, -0.2) is 9.88 Å². The average Bonchev–Trinajstić information content (AvgIpc) is 2.81. The van der Waals surface area contributed by atoms with Crippen LogP contribution in [0.15, 0.2) is 17.5 Å². The van der Waals surface area contributed by atoms with Gasteiger partial charge in [0.05, 0.1) is 11.3 Å². The number of amides is 2. The normalized spacial score (nSPS) is 14.2. The monoisotopic (exact) mass is 272 g/mol. The lowest BCUT2D eigenvalue weighted by Gasteiger charge is -2.12. The third-order valence-electron chi connectivity index (χ3n) is 3.37. The number of carbonyl (C=O) groups excluding carboxylic acids is 2. The van der Waals surface area contributed by atoms with E-state index in [1.54, 1.807) is 19.1 Å². The molecule has 2 amide bonds.